The van der Waals surface area contributed by atoms with Crippen LogP contribution in [-0.2, 0) is 4.79 Å². The third-order valence-electron chi connectivity index (χ3n) is 6.13. The average Bonchev–Trinajstić information content (AvgIpc) is 3.37. The highest BCUT2D eigenvalue weighted by Crippen LogP contribution is 2.47. The molecule has 2 aliphatic rings. The summed E-state index contributed by atoms with van der Waals surface area (Å²) in [7, 11) is 0. The van der Waals surface area contributed by atoms with Gasteiger partial charge in [-0.1, -0.05) is 18.7 Å². The molecule has 3 atom stereocenters. The van der Waals surface area contributed by atoms with Crippen molar-refractivity contribution < 1.29 is 9.90 Å². The van der Waals surface area contributed by atoms with Crippen molar-refractivity contribution in [3.05, 3.63) is 59.8 Å². The van der Waals surface area contributed by atoms with Gasteiger partial charge in [0.15, 0.2) is 0 Å². The Morgan fingerprint density at radius 2 is 2.07 bits per heavy atom. The van der Waals surface area contributed by atoms with E-state index in [2.05, 4.69) is 11.6 Å². The molecule has 146 valence electrons. The normalized spacial score (nSPS) is 24.4. The zero-order valence-corrected chi connectivity index (χ0v) is 15.8. The smallest absolute Gasteiger partial charge is 0.246 e. The van der Waals surface area contributed by atoms with Crippen LogP contribution in [0.4, 0.5) is 5.82 Å². The molecule has 6 nitrogen and oxygen atoms in total. The average molecular weight is 378 g/mol. The Morgan fingerprint density at radius 1 is 1.29 bits per heavy atom. The number of nitrogen functional groups attached to an aromatic ring is 1. The van der Waals surface area contributed by atoms with Crippen LogP contribution >= 0.6 is 0 Å². The number of aromatic nitrogens is 1. The lowest BCUT2D eigenvalue weighted by molar-refractivity contribution is -0.127. The largest absolute Gasteiger partial charge is 0.507 e. The lowest BCUT2D eigenvalue weighted by Gasteiger charge is -2.28. The van der Waals surface area contributed by atoms with Gasteiger partial charge in [0, 0.05) is 41.0 Å². The van der Waals surface area contributed by atoms with Gasteiger partial charge in [-0.05, 0) is 55.5 Å². The highest BCUT2D eigenvalue weighted by atomic mass is 16.3. The van der Waals surface area contributed by atoms with E-state index in [-0.39, 0.29) is 23.6 Å². The number of aromatic amines is 1. The van der Waals surface area contributed by atoms with Gasteiger partial charge in [-0.15, -0.1) is 0 Å². The quantitative estimate of drug-likeness (QED) is 0.613. The molecule has 1 aliphatic heterocycles. The number of fused-ring (bicyclic) bond motifs is 1. The second-order valence-corrected chi connectivity index (χ2v) is 7.67. The van der Waals surface area contributed by atoms with E-state index >= 15 is 0 Å². The molecule has 3 unspecified atom stereocenters. The van der Waals surface area contributed by atoms with Gasteiger partial charge in [0.25, 0.3) is 0 Å². The number of aromatic hydroxyl groups is 1. The van der Waals surface area contributed by atoms with E-state index in [0.717, 1.165) is 37.1 Å². The summed E-state index contributed by atoms with van der Waals surface area (Å²) in [4.78, 5) is 17.5. The van der Waals surface area contributed by atoms with Gasteiger partial charge in [0.1, 0.15) is 11.6 Å². The van der Waals surface area contributed by atoms with Gasteiger partial charge in [-0.2, -0.15) is 0 Å². The van der Waals surface area contributed by atoms with Crippen molar-refractivity contribution in [1.29, 1.82) is 0 Å². The van der Waals surface area contributed by atoms with Gasteiger partial charge in [0.05, 0.1) is 0 Å². The molecule has 1 saturated heterocycles. The first-order chi connectivity index (χ1) is 13.5. The molecule has 6 heteroatoms. The van der Waals surface area contributed by atoms with Crippen LogP contribution in [0, 0.1) is 5.92 Å². The van der Waals surface area contributed by atoms with E-state index in [4.69, 9.17) is 11.5 Å². The van der Waals surface area contributed by atoms with Gasteiger partial charge in [-0.25, -0.2) is 0 Å². The Bertz CT molecular complexity index is 946. The summed E-state index contributed by atoms with van der Waals surface area (Å²) >= 11 is 0. The van der Waals surface area contributed by atoms with Crippen LogP contribution in [0.5, 0.6) is 5.75 Å². The first-order valence-electron chi connectivity index (χ1n) is 9.66. The maximum Gasteiger partial charge on any atom is 0.246 e. The molecule has 2 aromatic rings. The van der Waals surface area contributed by atoms with E-state index < -0.39 is 0 Å². The number of hydrogen-bond acceptors (Lipinski definition) is 4. The third-order valence-corrected chi connectivity index (χ3v) is 6.13. The van der Waals surface area contributed by atoms with Gasteiger partial charge in [0.2, 0.25) is 5.91 Å². The lowest BCUT2D eigenvalue weighted by Crippen LogP contribution is -2.38. The van der Waals surface area contributed by atoms with Crippen LogP contribution in [0.3, 0.4) is 0 Å². The Kier molecular flexibility index (Phi) is 4.63. The van der Waals surface area contributed by atoms with E-state index in [1.807, 2.05) is 17.0 Å². The number of rotatable bonds is 4. The molecule has 1 amide bonds. The van der Waals surface area contributed by atoms with Crippen molar-refractivity contribution in [2.24, 2.45) is 11.7 Å². The minimum Gasteiger partial charge on any atom is -0.507 e. The molecule has 2 heterocycles. The summed E-state index contributed by atoms with van der Waals surface area (Å²) in [5.41, 5.74) is 15.3. The number of benzene rings is 1. The monoisotopic (exact) mass is 378 g/mol. The standard InChI is InChI=1S/C22H26N4O2/c1-2-20(28)26-10-9-13-7-8-16(21(13)26)18-12-14(22(24)25-18)11-17(23)15-5-3-4-6-19(15)27/h2-6,11-13,16,21,25,27H,1,7-10,23-24H2/b17-11-. The Hall–Kier alpha value is -3.15. The maximum absolute atomic E-state index is 12.3. The number of phenols is 1. The number of phenolic OH excluding ortho intramolecular Hbond substituents is 1. The van der Waals surface area contributed by atoms with Crippen molar-refractivity contribution in [2.75, 3.05) is 12.3 Å². The van der Waals surface area contributed by atoms with Gasteiger partial charge in [-0.3, -0.25) is 4.79 Å². The minimum absolute atomic E-state index is 0.00263. The molecular formula is C22H26N4O2. The van der Waals surface area contributed by atoms with E-state index in [1.165, 1.54) is 6.08 Å². The summed E-state index contributed by atoms with van der Waals surface area (Å²) < 4.78 is 0. The summed E-state index contributed by atoms with van der Waals surface area (Å²) in [6, 6.07) is 9.16. The first kappa shape index (κ1) is 18.2. The topological polar surface area (TPSA) is 108 Å². The number of para-hydroxylation sites is 1. The van der Waals surface area contributed by atoms with Crippen molar-refractivity contribution in [3.8, 4) is 5.75 Å². The molecule has 0 bridgehead atoms. The van der Waals surface area contributed by atoms with Crippen LogP contribution in [-0.4, -0.2) is 33.5 Å². The fourth-order valence-corrected chi connectivity index (χ4v) is 4.81. The molecule has 1 saturated carbocycles. The van der Waals surface area contributed by atoms with E-state index in [0.29, 0.717) is 23.0 Å². The molecule has 2 fully saturated rings. The van der Waals surface area contributed by atoms with E-state index in [1.54, 1.807) is 24.3 Å². The summed E-state index contributed by atoms with van der Waals surface area (Å²) in [6.45, 7) is 4.43. The lowest BCUT2D eigenvalue weighted by atomic mass is 9.95. The number of anilines is 1. The molecule has 1 aliphatic carbocycles. The number of carbonyl (C=O) groups excluding carboxylic acids is 1. The number of carbonyl (C=O) groups is 1. The van der Waals surface area contributed by atoms with Crippen molar-refractivity contribution in [1.82, 2.24) is 9.88 Å². The predicted octanol–water partition coefficient (Wildman–Crippen LogP) is 3.04. The van der Waals surface area contributed by atoms with Crippen LogP contribution in [0.25, 0.3) is 11.8 Å². The maximum atomic E-state index is 12.3. The number of H-pyrrole nitrogens is 1. The van der Waals surface area contributed by atoms with Crippen molar-refractivity contribution in [3.63, 3.8) is 0 Å². The molecule has 1 aromatic heterocycles. The summed E-state index contributed by atoms with van der Waals surface area (Å²) in [5.74, 6) is 1.43. The van der Waals surface area contributed by atoms with Crippen molar-refractivity contribution >= 4 is 23.5 Å². The number of hydrogen-bond donors (Lipinski definition) is 4. The fraction of sp³-hybridized carbons (Fsp3) is 0.318. The Labute approximate surface area is 164 Å². The molecule has 0 radical (unpaired) electrons. The minimum atomic E-state index is 0.00263. The number of likely N-dealkylation sites (tertiary alicyclic amines) is 1. The molecular weight excluding hydrogens is 352 g/mol. The summed E-state index contributed by atoms with van der Waals surface area (Å²) in [5, 5.41) is 10.0. The Balaban J connectivity index is 1.63. The third kappa shape index (κ3) is 3.05. The van der Waals surface area contributed by atoms with Gasteiger partial charge >= 0.3 is 0 Å². The zero-order valence-electron chi connectivity index (χ0n) is 15.8. The van der Waals surface area contributed by atoms with Crippen LogP contribution in [0.2, 0.25) is 0 Å². The molecule has 6 N–H and O–H groups in total. The SMILES string of the molecule is C=CC(=O)N1CCC2CCC(c3cc(/C=C(\N)c4ccccc4O)c(N)[nH]3)C21. The molecule has 4 rings (SSSR count). The number of amides is 1. The number of nitrogens with one attached hydrogen (secondary N) is 1. The fourth-order valence-electron chi connectivity index (χ4n) is 4.81. The number of nitrogens with zero attached hydrogens (tertiary/aromatic N) is 1. The zero-order chi connectivity index (χ0) is 19.8. The highest BCUT2D eigenvalue weighted by molar-refractivity contribution is 5.88. The highest BCUT2D eigenvalue weighted by Gasteiger charge is 2.46. The molecule has 28 heavy (non-hydrogen) atoms. The number of nitrogens with two attached hydrogens (primary N) is 2. The van der Waals surface area contributed by atoms with E-state index in [9.17, 15) is 9.90 Å². The van der Waals surface area contributed by atoms with Gasteiger partial charge < -0.3 is 26.5 Å². The van der Waals surface area contributed by atoms with Crippen molar-refractivity contribution in [2.45, 2.75) is 31.2 Å². The molecule has 1 aromatic carbocycles. The van der Waals surface area contributed by atoms with Crippen LogP contribution in [0.1, 0.15) is 42.0 Å². The summed E-state index contributed by atoms with van der Waals surface area (Å²) in [6.07, 6.45) is 6.36. The first-order valence-corrected chi connectivity index (χ1v) is 9.66. The molecule has 0 spiro atoms. The van der Waals surface area contributed by atoms with Crippen LogP contribution in [0.15, 0.2) is 43.0 Å². The second kappa shape index (κ2) is 7.11. The van der Waals surface area contributed by atoms with Crippen LogP contribution < -0.4 is 11.5 Å². The predicted molar refractivity (Wildman–Crippen MR) is 111 cm³/mol. The Morgan fingerprint density at radius 3 is 2.82 bits per heavy atom. The second-order valence-electron chi connectivity index (χ2n) is 7.67.